The minimum absolute atomic E-state index is 0.00491. The zero-order chi connectivity index (χ0) is 31.0. The third-order valence-electron chi connectivity index (χ3n) is 10.1. The number of hydrogen-bond acceptors (Lipinski definition) is 10. The summed E-state index contributed by atoms with van der Waals surface area (Å²) in [5.74, 6) is -8.19. The van der Waals surface area contributed by atoms with Crippen molar-refractivity contribution < 1.29 is 47.9 Å². The van der Waals surface area contributed by atoms with Crippen molar-refractivity contribution >= 4 is 17.9 Å². The molecule has 0 radical (unpaired) electrons. The molecule has 10 nitrogen and oxygen atoms in total. The molecule has 10 heteroatoms. The van der Waals surface area contributed by atoms with Crippen molar-refractivity contribution in [3.8, 4) is 0 Å². The molecule has 3 heterocycles. The van der Waals surface area contributed by atoms with Crippen LogP contribution in [0.4, 0.5) is 0 Å². The molecule has 236 valence electrons. The molecule has 4 bridgehead atoms. The van der Waals surface area contributed by atoms with Crippen LogP contribution >= 0.6 is 0 Å². The van der Waals surface area contributed by atoms with E-state index in [1.54, 1.807) is 0 Å². The van der Waals surface area contributed by atoms with Gasteiger partial charge in [0.05, 0.1) is 50.1 Å². The van der Waals surface area contributed by atoms with Crippen molar-refractivity contribution in [3.63, 3.8) is 0 Å². The van der Waals surface area contributed by atoms with E-state index >= 15 is 0 Å². The van der Waals surface area contributed by atoms with Crippen molar-refractivity contribution in [2.45, 2.75) is 88.5 Å². The Balaban J connectivity index is 1.65. The minimum Gasteiger partial charge on any atom is -0.466 e. The van der Waals surface area contributed by atoms with E-state index in [1.807, 2.05) is 32.1 Å². The van der Waals surface area contributed by atoms with Crippen LogP contribution in [0.1, 0.15) is 65.2 Å². The standard InChI is InChI=1S/C33H44O10/c1-6-8-10-11-12-13-15-21-22-19-23(31(16-14-9-7-2)40-17-18-41-31)42-33-27(22)25(30(36)39-5)24(29(35)38-4)26(21)32(33,37)20(3)28(34)43-33/h6-9,21-23,26-27,37H,3,10-19H2,1-2,4-5H3/b8-6+,9-7+/t21-,22-,23-,26+,27-,32+,33+/m1/s1. The molecule has 0 aromatic heterocycles. The predicted molar refractivity (Wildman–Crippen MR) is 154 cm³/mol. The Morgan fingerprint density at radius 3 is 2.23 bits per heavy atom. The average molecular weight is 601 g/mol. The molecule has 4 fully saturated rings. The third kappa shape index (κ3) is 4.72. The van der Waals surface area contributed by atoms with Crippen LogP contribution in [0.2, 0.25) is 0 Å². The lowest BCUT2D eigenvalue weighted by Gasteiger charge is -2.66. The van der Waals surface area contributed by atoms with Gasteiger partial charge in [-0.1, -0.05) is 43.7 Å². The largest absolute Gasteiger partial charge is 0.466 e. The van der Waals surface area contributed by atoms with Crippen LogP contribution in [0.15, 0.2) is 47.6 Å². The lowest BCUT2D eigenvalue weighted by atomic mass is 9.44. The quantitative estimate of drug-likeness (QED) is 0.115. The number of allylic oxidation sites excluding steroid dienone is 4. The number of ether oxygens (including phenoxy) is 6. The molecule has 1 N–H and O–H groups in total. The highest BCUT2D eigenvalue weighted by Crippen LogP contribution is 2.71. The second-order valence-electron chi connectivity index (χ2n) is 12.1. The number of methoxy groups -OCH3 is 2. The van der Waals surface area contributed by atoms with E-state index in [2.05, 4.69) is 12.7 Å². The molecule has 3 aliphatic heterocycles. The molecule has 3 aliphatic carbocycles. The monoisotopic (exact) mass is 600 g/mol. The van der Waals surface area contributed by atoms with Gasteiger partial charge in [-0.2, -0.15) is 0 Å². The van der Waals surface area contributed by atoms with Gasteiger partial charge in [0, 0.05) is 12.3 Å². The van der Waals surface area contributed by atoms with Gasteiger partial charge < -0.3 is 33.5 Å². The molecular formula is C33H44O10. The second kappa shape index (κ2) is 12.3. The maximum Gasteiger partial charge on any atom is 0.339 e. The Morgan fingerprint density at radius 1 is 0.977 bits per heavy atom. The van der Waals surface area contributed by atoms with Gasteiger partial charge in [0.2, 0.25) is 0 Å². The fraction of sp³-hybridized carbons (Fsp3) is 0.667. The van der Waals surface area contributed by atoms with Crippen LogP contribution < -0.4 is 0 Å². The smallest absolute Gasteiger partial charge is 0.339 e. The number of unbranched alkanes of at least 4 members (excludes halogenated alkanes) is 3. The number of aliphatic hydroxyl groups is 1. The van der Waals surface area contributed by atoms with Crippen LogP contribution in [0.5, 0.6) is 0 Å². The Bertz CT molecular complexity index is 1230. The molecule has 1 spiro atoms. The number of hydrogen-bond donors (Lipinski definition) is 1. The van der Waals surface area contributed by atoms with Gasteiger partial charge in [-0.25, -0.2) is 14.4 Å². The van der Waals surface area contributed by atoms with Crippen LogP contribution in [0, 0.1) is 23.7 Å². The maximum absolute atomic E-state index is 13.5. The molecule has 0 amide bonds. The highest BCUT2D eigenvalue weighted by Gasteiger charge is 2.83. The SMILES string of the molecule is C=C1C(=O)O[C@@]23O[C@@H](C4(CC/C=C/C)OCCO4)C[C@@H]4[C@@H](CCCCC/C=C/C)[C@@H](C(C(=O)OC)=C(C(=O)OC)[C@@H]42)[C@@]13O. The average Bonchev–Trinajstić information content (AvgIpc) is 3.56. The molecule has 0 unspecified atom stereocenters. The summed E-state index contributed by atoms with van der Waals surface area (Å²) in [6.45, 7) is 8.62. The number of carbonyl (C=O) groups is 3. The first-order valence-electron chi connectivity index (χ1n) is 15.4. The van der Waals surface area contributed by atoms with Gasteiger partial charge in [-0.15, -0.1) is 0 Å². The van der Waals surface area contributed by atoms with Gasteiger partial charge in [0.1, 0.15) is 6.10 Å². The van der Waals surface area contributed by atoms with E-state index in [1.165, 1.54) is 14.2 Å². The highest BCUT2D eigenvalue weighted by molar-refractivity contribution is 6.05. The third-order valence-corrected chi connectivity index (χ3v) is 10.1. The van der Waals surface area contributed by atoms with Gasteiger partial charge in [-0.05, 0) is 57.8 Å². The second-order valence-corrected chi connectivity index (χ2v) is 12.1. The van der Waals surface area contributed by atoms with Crippen LogP contribution in [-0.2, 0) is 42.8 Å². The minimum atomic E-state index is -2.14. The number of rotatable bonds is 12. The van der Waals surface area contributed by atoms with Crippen LogP contribution in [0.3, 0.4) is 0 Å². The van der Waals surface area contributed by atoms with Gasteiger partial charge in [-0.3, -0.25) is 0 Å². The fourth-order valence-corrected chi connectivity index (χ4v) is 8.34. The zero-order valence-corrected chi connectivity index (χ0v) is 25.6. The van der Waals surface area contributed by atoms with E-state index < -0.39 is 53.0 Å². The molecule has 43 heavy (non-hydrogen) atoms. The van der Waals surface area contributed by atoms with Crippen LogP contribution in [0.25, 0.3) is 0 Å². The zero-order valence-electron chi connectivity index (χ0n) is 25.6. The predicted octanol–water partition coefficient (Wildman–Crippen LogP) is 4.08. The Kier molecular flexibility index (Phi) is 9.05. The first kappa shape index (κ1) is 31.6. The van der Waals surface area contributed by atoms with E-state index in [-0.39, 0.29) is 28.6 Å². The van der Waals surface area contributed by atoms with E-state index in [0.29, 0.717) is 38.9 Å². The summed E-state index contributed by atoms with van der Waals surface area (Å²) in [6.07, 6.45) is 13.3. The van der Waals surface area contributed by atoms with Gasteiger partial charge in [0.25, 0.3) is 5.79 Å². The van der Waals surface area contributed by atoms with Crippen molar-refractivity contribution in [3.05, 3.63) is 47.6 Å². The van der Waals surface area contributed by atoms with E-state index in [9.17, 15) is 19.5 Å². The lowest BCUT2D eigenvalue weighted by molar-refractivity contribution is -0.406. The molecule has 7 atom stereocenters. The van der Waals surface area contributed by atoms with E-state index in [0.717, 1.165) is 25.7 Å². The summed E-state index contributed by atoms with van der Waals surface area (Å²) in [4.78, 5) is 40.2. The summed E-state index contributed by atoms with van der Waals surface area (Å²) >= 11 is 0. The molecule has 0 aromatic rings. The summed E-state index contributed by atoms with van der Waals surface area (Å²) in [7, 11) is 2.46. The maximum atomic E-state index is 13.5. The lowest BCUT2D eigenvalue weighted by Crippen LogP contribution is -2.77. The molecular weight excluding hydrogens is 556 g/mol. The Hall–Kier alpha value is -2.79. The highest BCUT2D eigenvalue weighted by atomic mass is 16.8. The van der Waals surface area contributed by atoms with Crippen molar-refractivity contribution in [1.29, 1.82) is 0 Å². The molecule has 6 rings (SSSR count). The van der Waals surface area contributed by atoms with Crippen molar-refractivity contribution in [2.24, 2.45) is 23.7 Å². The van der Waals surface area contributed by atoms with Crippen LogP contribution in [-0.4, -0.2) is 73.7 Å². The summed E-state index contributed by atoms with van der Waals surface area (Å²) in [5.41, 5.74) is -2.31. The fourth-order valence-electron chi connectivity index (χ4n) is 8.34. The summed E-state index contributed by atoms with van der Waals surface area (Å²) < 4.78 is 35.6. The topological polar surface area (TPSA) is 127 Å². The van der Waals surface area contributed by atoms with E-state index in [4.69, 9.17) is 28.4 Å². The molecule has 6 aliphatic rings. The first-order chi connectivity index (χ1) is 20.7. The summed E-state index contributed by atoms with van der Waals surface area (Å²) in [6, 6.07) is 0. The normalized spacial score (nSPS) is 36.0. The van der Waals surface area contributed by atoms with Gasteiger partial charge in [0.15, 0.2) is 11.4 Å². The molecule has 3 saturated heterocycles. The Labute approximate surface area is 253 Å². The first-order valence-corrected chi connectivity index (χ1v) is 15.4. The van der Waals surface area contributed by atoms with Gasteiger partial charge >= 0.3 is 17.9 Å². The summed E-state index contributed by atoms with van der Waals surface area (Å²) in [5, 5.41) is 12.8. The molecule has 1 saturated carbocycles. The molecule has 0 aromatic carbocycles. The number of carbonyl (C=O) groups excluding carboxylic acids is 3. The Morgan fingerprint density at radius 2 is 1.60 bits per heavy atom. The van der Waals surface area contributed by atoms with Crippen molar-refractivity contribution in [1.82, 2.24) is 0 Å². The van der Waals surface area contributed by atoms with Crippen molar-refractivity contribution in [2.75, 3.05) is 27.4 Å². The number of esters is 3.